The van der Waals surface area contributed by atoms with Gasteiger partial charge >= 0.3 is 0 Å². The van der Waals surface area contributed by atoms with Crippen LogP contribution in [0.5, 0.6) is 0 Å². The molecule has 1 aromatic carbocycles. The van der Waals surface area contributed by atoms with Crippen LogP contribution >= 0.6 is 11.3 Å². The van der Waals surface area contributed by atoms with Crippen molar-refractivity contribution in [2.75, 3.05) is 5.32 Å². The minimum Gasteiger partial charge on any atom is -0.312 e. The quantitative estimate of drug-likeness (QED) is 0.876. The predicted octanol–water partition coefficient (Wildman–Crippen LogP) is 4.61. The van der Waals surface area contributed by atoms with Gasteiger partial charge in [0.2, 0.25) is 0 Å². The van der Waals surface area contributed by atoms with Crippen molar-refractivity contribution in [1.29, 1.82) is 5.26 Å². The summed E-state index contributed by atoms with van der Waals surface area (Å²) in [6.07, 6.45) is 3.10. The number of aryl methyl sites for hydroxylation is 3. The highest BCUT2D eigenvalue weighted by atomic mass is 32.1. The molecule has 1 aliphatic carbocycles. The molecular formula is C19H20N2OS. The fourth-order valence-corrected chi connectivity index (χ4v) is 4.21. The Morgan fingerprint density at radius 2 is 2.13 bits per heavy atom. The van der Waals surface area contributed by atoms with Crippen molar-refractivity contribution in [1.82, 2.24) is 0 Å². The van der Waals surface area contributed by atoms with E-state index in [2.05, 4.69) is 18.3 Å². The number of hydrogen-bond acceptors (Lipinski definition) is 3. The van der Waals surface area contributed by atoms with Gasteiger partial charge in [-0.05, 0) is 67.9 Å². The van der Waals surface area contributed by atoms with E-state index in [9.17, 15) is 10.1 Å². The molecule has 1 N–H and O–H groups in total. The molecule has 0 unspecified atom stereocenters. The third-order valence-corrected chi connectivity index (χ3v) is 5.82. The molecule has 0 spiro atoms. The number of anilines is 1. The zero-order valence-electron chi connectivity index (χ0n) is 13.7. The summed E-state index contributed by atoms with van der Waals surface area (Å²) < 4.78 is 0. The maximum atomic E-state index is 12.5. The Labute approximate surface area is 141 Å². The van der Waals surface area contributed by atoms with Crippen LogP contribution in [0.15, 0.2) is 18.2 Å². The zero-order valence-corrected chi connectivity index (χ0v) is 14.5. The molecule has 23 heavy (non-hydrogen) atoms. The lowest BCUT2D eigenvalue weighted by molar-refractivity contribution is 0.102. The molecule has 0 bridgehead atoms. The van der Waals surface area contributed by atoms with Crippen molar-refractivity contribution in [2.24, 2.45) is 5.92 Å². The minimum atomic E-state index is -0.142. The lowest BCUT2D eigenvalue weighted by Gasteiger charge is -2.17. The van der Waals surface area contributed by atoms with Gasteiger partial charge in [-0.3, -0.25) is 4.79 Å². The number of rotatable bonds is 2. The maximum Gasteiger partial charge on any atom is 0.256 e. The van der Waals surface area contributed by atoms with E-state index in [1.54, 1.807) is 11.3 Å². The van der Waals surface area contributed by atoms with Crippen LogP contribution in [-0.2, 0) is 12.8 Å². The number of amides is 1. The van der Waals surface area contributed by atoms with E-state index in [4.69, 9.17) is 0 Å². The predicted molar refractivity (Wildman–Crippen MR) is 94.1 cm³/mol. The Morgan fingerprint density at radius 3 is 2.83 bits per heavy atom. The number of carbonyl (C=O) groups excluding carboxylic acids is 1. The number of fused-ring (bicyclic) bond motifs is 1. The van der Waals surface area contributed by atoms with Gasteiger partial charge in [0.1, 0.15) is 11.1 Å². The van der Waals surface area contributed by atoms with Gasteiger partial charge in [-0.1, -0.05) is 13.0 Å². The Hall–Kier alpha value is -2.12. The molecule has 0 fully saturated rings. The number of nitriles is 1. The van der Waals surface area contributed by atoms with Gasteiger partial charge in [0.25, 0.3) is 5.91 Å². The first-order valence-corrected chi connectivity index (χ1v) is 8.74. The van der Waals surface area contributed by atoms with Crippen LogP contribution < -0.4 is 5.32 Å². The summed E-state index contributed by atoms with van der Waals surface area (Å²) in [5, 5.41) is 13.2. The highest BCUT2D eigenvalue weighted by Gasteiger charge is 2.25. The summed E-state index contributed by atoms with van der Waals surface area (Å²) in [4.78, 5) is 13.8. The highest BCUT2D eigenvalue weighted by molar-refractivity contribution is 7.16. The third-order valence-electron chi connectivity index (χ3n) is 4.62. The summed E-state index contributed by atoms with van der Waals surface area (Å²) >= 11 is 1.56. The van der Waals surface area contributed by atoms with Crippen LogP contribution in [0.2, 0.25) is 0 Å². The van der Waals surface area contributed by atoms with E-state index in [-0.39, 0.29) is 5.91 Å². The molecular weight excluding hydrogens is 304 g/mol. The van der Waals surface area contributed by atoms with Crippen LogP contribution in [0, 0.1) is 31.1 Å². The molecule has 1 amide bonds. The number of benzene rings is 1. The fraction of sp³-hybridized carbons (Fsp3) is 0.368. The van der Waals surface area contributed by atoms with Crippen molar-refractivity contribution in [2.45, 2.75) is 40.0 Å². The van der Waals surface area contributed by atoms with Crippen LogP contribution in [0.4, 0.5) is 5.00 Å². The van der Waals surface area contributed by atoms with Crippen molar-refractivity contribution < 1.29 is 4.79 Å². The number of carbonyl (C=O) groups is 1. The van der Waals surface area contributed by atoms with Gasteiger partial charge in [-0.2, -0.15) is 5.26 Å². The Balaban J connectivity index is 1.89. The minimum absolute atomic E-state index is 0.142. The smallest absolute Gasteiger partial charge is 0.256 e. The topological polar surface area (TPSA) is 52.9 Å². The van der Waals surface area contributed by atoms with E-state index in [1.807, 2.05) is 32.0 Å². The summed E-state index contributed by atoms with van der Waals surface area (Å²) in [5.74, 6) is 0.462. The van der Waals surface area contributed by atoms with E-state index in [0.717, 1.165) is 30.4 Å². The summed E-state index contributed by atoms with van der Waals surface area (Å²) in [7, 11) is 0. The molecule has 3 nitrogen and oxygen atoms in total. The normalized spacial score (nSPS) is 16.5. The maximum absolute atomic E-state index is 12.5. The highest BCUT2D eigenvalue weighted by Crippen LogP contribution is 2.39. The SMILES string of the molecule is Cc1ccc(C(=O)Nc2sc3c(c2C#N)C[C@@H](C)CC3)cc1C. The molecule has 0 aliphatic heterocycles. The molecule has 0 saturated carbocycles. The zero-order chi connectivity index (χ0) is 16.6. The molecule has 0 radical (unpaired) electrons. The van der Waals surface area contributed by atoms with Crippen molar-refractivity contribution in [3.63, 3.8) is 0 Å². The average molecular weight is 324 g/mol. The monoisotopic (exact) mass is 324 g/mol. The molecule has 1 atom stereocenters. The second-order valence-corrected chi connectivity index (χ2v) is 7.53. The average Bonchev–Trinajstić information content (AvgIpc) is 2.86. The summed E-state index contributed by atoms with van der Waals surface area (Å²) in [5.41, 5.74) is 4.70. The fourth-order valence-electron chi connectivity index (χ4n) is 3.02. The van der Waals surface area contributed by atoms with E-state index >= 15 is 0 Å². The first-order valence-electron chi connectivity index (χ1n) is 7.92. The molecule has 0 saturated heterocycles. The molecule has 1 aliphatic rings. The molecule has 1 heterocycles. The van der Waals surface area contributed by atoms with E-state index in [1.165, 1.54) is 10.4 Å². The first-order chi connectivity index (χ1) is 11.0. The first kappa shape index (κ1) is 15.8. The van der Waals surface area contributed by atoms with Crippen LogP contribution in [0.1, 0.15) is 50.8 Å². The molecule has 1 aromatic heterocycles. The number of hydrogen-bond donors (Lipinski definition) is 1. The lowest BCUT2D eigenvalue weighted by Crippen LogP contribution is -2.12. The largest absolute Gasteiger partial charge is 0.312 e. The molecule has 3 rings (SSSR count). The standard InChI is InChI=1S/C19H20N2OS/c1-11-4-7-17-15(8-11)16(10-20)19(23-17)21-18(22)14-6-5-12(2)13(3)9-14/h5-6,9,11H,4,7-8H2,1-3H3,(H,21,22)/t11-/m0/s1. The van der Waals surface area contributed by atoms with Crippen molar-refractivity contribution >= 4 is 22.2 Å². The Kier molecular flexibility index (Phi) is 4.23. The molecule has 2 aromatic rings. The Morgan fingerprint density at radius 1 is 1.35 bits per heavy atom. The Bertz CT molecular complexity index is 814. The molecule has 4 heteroatoms. The number of nitrogens with zero attached hydrogens (tertiary/aromatic N) is 1. The van der Waals surface area contributed by atoms with Crippen molar-refractivity contribution in [3.05, 3.63) is 50.9 Å². The van der Waals surface area contributed by atoms with Gasteiger partial charge in [0.05, 0.1) is 5.56 Å². The summed E-state index contributed by atoms with van der Waals surface area (Å²) in [6.45, 7) is 6.24. The van der Waals surface area contributed by atoms with Crippen LogP contribution in [0.3, 0.4) is 0 Å². The number of thiophene rings is 1. The molecule has 118 valence electrons. The number of nitrogens with one attached hydrogen (secondary N) is 1. The third kappa shape index (κ3) is 3.02. The second-order valence-electron chi connectivity index (χ2n) is 6.42. The van der Waals surface area contributed by atoms with E-state index < -0.39 is 0 Å². The van der Waals surface area contributed by atoms with Crippen LogP contribution in [-0.4, -0.2) is 5.91 Å². The van der Waals surface area contributed by atoms with Gasteiger partial charge in [-0.15, -0.1) is 11.3 Å². The van der Waals surface area contributed by atoms with Crippen LogP contribution in [0.25, 0.3) is 0 Å². The van der Waals surface area contributed by atoms with Gasteiger partial charge < -0.3 is 5.32 Å². The van der Waals surface area contributed by atoms with Gasteiger partial charge in [-0.25, -0.2) is 0 Å². The second kappa shape index (κ2) is 6.17. The van der Waals surface area contributed by atoms with Gasteiger partial charge in [0, 0.05) is 10.4 Å². The summed E-state index contributed by atoms with van der Waals surface area (Å²) in [6, 6.07) is 7.98. The van der Waals surface area contributed by atoms with Gasteiger partial charge in [0.15, 0.2) is 0 Å². The van der Waals surface area contributed by atoms with Crippen molar-refractivity contribution in [3.8, 4) is 6.07 Å². The lowest BCUT2D eigenvalue weighted by atomic mass is 9.88. The van der Waals surface area contributed by atoms with E-state index in [0.29, 0.717) is 22.0 Å².